The van der Waals surface area contributed by atoms with Crippen LogP contribution in [0.3, 0.4) is 0 Å². The Kier molecular flexibility index (Phi) is 1.12. The summed E-state index contributed by atoms with van der Waals surface area (Å²) in [4.78, 5) is 19.8. The van der Waals surface area contributed by atoms with Crippen molar-refractivity contribution in [3.05, 3.63) is 12.2 Å². The van der Waals surface area contributed by atoms with Crippen LogP contribution in [-0.4, -0.2) is 12.4 Å². The Balaban J connectivity index is 2.24. The van der Waals surface area contributed by atoms with Crippen LogP contribution in [-0.2, 0) is 14.3 Å². The number of carbonyl (C=O) groups is 2. The van der Waals surface area contributed by atoms with E-state index in [9.17, 15) is 9.59 Å². The van der Waals surface area contributed by atoms with E-state index >= 15 is 0 Å². The molecule has 3 heteroatoms. The van der Waals surface area contributed by atoms with Crippen molar-refractivity contribution < 1.29 is 14.3 Å². The van der Waals surface area contributed by atoms with E-state index in [4.69, 9.17) is 0 Å². The third-order valence-electron chi connectivity index (χ3n) is 0.821. The van der Waals surface area contributed by atoms with Gasteiger partial charge in [-0.3, -0.25) is 9.59 Å². The van der Waals surface area contributed by atoms with E-state index in [1.165, 1.54) is 0 Å². The average Bonchev–Trinajstić information content (AvgIpc) is 2.45. The first-order valence-electron chi connectivity index (χ1n) is 2.17. The highest BCUT2D eigenvalue weighted by atomic mass is 16.6. The van der Waals surface area contributed by atoms with Gasteiger partial charge < -0.3 is 4.74 Å². The summed E-state index contributed by atoms with van der Waals surface area (Å²) < 4.78 is 3.98. The predicted octanol–water partition coefficient (Wildman–Crippen LogP) is -0.128. The van der Waals surface area contributed by atoms with Crippen LogP contribution in [0.2, 0.25) is 0 Å². The van der Waals surface area contributed by atoms with E-state index < -0.39 is 5.97 Å². The highest BCUT2D eigenvalue weighted by molar-refractivity contribution is 5.85. The van der Waals surface area contributed by atoms with Gasteiger partial charge in [0.15, 0.2) is 0 Å². The smallest absolute Gasteiger partial charge is 0.324 e. The summed E-state index contributed by atoms with van der Waals surface area (Å²) in [5, 5.41) is 0. The molecule has 1 aliphatic rings. The maximum Gasteiger partial charge on any atom is 0.324 e. The zero-order valence-electron chi connectivity index (χ0n) is 4.03. The zero-order valence-corrected chi connectivity index (χ0v) is 4.03. The summed E-state index contributed by atoms with van der Waals surface area (Å²) >= 11 is 0. The quantitative estimate of drug-likeness (QED) is 0.216. The molecule has 0 heterocycles. The van der Waals surface area contributed by atoms with Crippen molar-refractivity contribution in [2.45, 2.75) is 0 Å². The molecule has 0 saturated heterocycles. The second kappa shape index (κ2) is 1.78. The van der Waals surface area contributed by atoms with Crippen LogP contribution in [0.5, 0.6) is 0 Å². The molecule has 0 atom stereocenters. The first kappa shape index (κ1) is 5.03. The minimum absolute atomic E-state index is 0.141. The number of ether oxygens (including phenoxy) is 1. The van der Waals surface area contributed by atoms with E-state index in [-0.39, 0.29) is 12.4 Å². The summed E-state index contributed by atoms with van der Waals surface area (Å²) in [5.41, 5.74) is 0. The zero-order chi connectivity index (χ0) is 5.98. The lowest BCUT2D eigenvalue weighted by atomic mass is 10.4. The molecule has 0 saturated carbocycles. The van der Waals surface area contributed by atoms with Gasteiger partial charge >= 0.3 is 12.4 Å². The van der Waals surface area contributed by atoms with Gasteiger partial charge in [0.1, 0.15) is 0 Å². The Morgan fingerprint density at radius 1 is 1.62 bits per heavy atom. The van der Waals surface area contributed by atoms with Gasteiger partial charge in [-0.1, -0.05) is 12.2 Å². The molecule has 0 fully saturated rings. The second-order valence-corrected chi connectivity index (χ2v) is 1.44. The Bertz CT molecular complexity index is 142. The van der Waals surface area contributed by atoms with Crippen molar-refractivity contribution in [3.63, 3.8) is 0 Å². The molecule has 0 amide bonds. The number of esters is 1. The Morgan fingerprint density at radius 3 is 2.62 bits per heavy atom. The largest absolute Gasteiger partial charge is 0.395 e. The summed E-state index contributed by atoms with van der Waals surface area (Å²) in [7, 11) is 0. The fourth-order valence-corrected chi connectivity index (χ4v) is 0.339. The van der Waals surface area contributed by atoms with Crippen molar-refractivity contribution in [3.8, 4) is 0 Å². The summed E-state index contributed by atoms with van der Waals surface area (Å²) in [6.45, 7) is 0.141. The van der Waals surface area contributed by atoms with E-state index in [1.807, 2.05) is 0 Å². The summed E-state index contributed by atoms with van der Waals surface area (Å²) in [6, 6.07) is 0. The van der Waals surface area contributed by atoms with Crippen LogP contribution in [0.25, 0.3) is 0 Å². The first-order chi connectivity index (χ1) is 3.84. The minimum Gasteiger partial charge on any atom is -0.395 e. The highest BCUT2D eigenvalue weighted by Gasteiger charge is 2.21. The van der Waals surface area contributed by atoms with E-state index in [1.54, 1.807) is 12.2 Å². The minimum atomic E-state index is -0.486. The first-order valence-corrected chi connectivity index (χ1v) is 2.17. The highest BCUT2D eigenvalue weighted by Crippen LogP contribution is 2.16. The topological polar surface area (TPSA) is 43.4 Å². The SMILES string of the molecule is O=COC(=O)C1C=C1. The molecule has 0 unspecified atom stereocenters. The Morgan fingerprint density at radius 2 is 2.25 bits per heavy atom. The number of hydrogen-bond acceptors (Lipinski definition) is 3. The van der Waals surface area contributed by atoms with E-state index in [2.05, 4.69) is 4.74 Å². The maximum atomic E-state index is 10.3. The maximum absolute atomic E-state index is 10.3. The number of hydrogen-bond donors (Lipinski definition) is 0. The molecule has 0 aromatic carbocycles. The molecule has 0 spiro atoms. The fourth-order valence-electron chi connectivity index (χ4n) is 0.339. The van der Waals surface area contributed by atoms with Gasteiger partial charge in [0.05, 0.1) is 5.92 Å². The fraction of sp³-hybridized carbons (Fsp3) is 0.200. The number of carbonyl (C=O) groups excluding carboxylic acids is 2. The van der Waals surface area contributed by atoms with E-state index in [0.717, 1.165) is 0 Å². The average molecular weight is 112 g/mol. The molecule has 0 N–H and O–H groups in total. The summed E-state index contributed by atoms with van der Waals surface area (Å²) in [6.07, 6.45) is 3.32. The molecular formula is C5H4O3. The molecule has 1 aliphatic carbocycles. The molecule has 0 aliphatic heterocycles. The normalized spacial score (nSPS) is 15.5. The lowest BCUT2D eigenvalue weighted by molar-refractivity contribution is -0.151. The Labute approximate surface area is 45.9 Å². The van der Waals surface area contributed by atoms with Crippen LogP contribution in [0.4, 0.5) is 0 Å². The van der Waals surface area contributed by atoms with Crippen molar-refractivity contribution in [1.82, 2.24) is 0 Å². The van der Waals surface area contributed by atoms with Gasteiger partial charge in [-0.15, -0.1) is 0 Å². The van der Waals surface area contributed by atoms with Crippen LogP contribution < -0.4 is 0 Å². The molecule has 1 rings (SSSR count). The lowest BCUT2D eigenvalue weighted by Crippen LogP contribution is -2.04. The van der Waals surface area contributed by atoms with Crippen molar-refractivity contribution >= 4 is 12.4 Å². The lowest BCUT2D eigenvalue weighted by Gasteiger charge is -1.88. The van der Waals surface area contributed by atoms with Crippen LogP contribution >= 0.6 is 0 Å². The van der Waals surface area contributed by atoms with Crippen molar-refractivity contribution in [2.75, 3.05) is 0 Å². The monoisotopic (exact) mass is 112 g/mol. The predicted molar refractivity (Wildman–Crippen MR) is 24.8 cm³/mol. The van der Waals surface area contributed by atoms with Gasteiger partial charge in [0.2, 0.25) is 0 Å². The second-order valence-electron chi connectivity index (χ2n) is 1.44. The molecule has 0 bridgehead atoms. The standard InChI is InChI=1S/C5H4O3/c6-3-8-5(7)4-1-2-4/h1-4H. The van der Waals surface area contributed by atoms with Crippen molar-refractivity contribution in [1.29, 1.82) is 0 Å². The van der Waals surface area contributed by atoms with Crippen LogP contribution in [0.1, 0.15) is 0 Å². The van der Waals surface area contributed by atoms with Crippen LogP contribution in [0, 0.1) is 5.92 Å². The van der Waals surface area contributed by atoms with Crippen molar-refractivity contribution in [2.24, 2.45) is 5.92 Å². The number of rotatable bonds is 2. The molecule has 0 radical (unpaired) electrons. The van der Waals surface area contributed by atoms with Gasteiger partial charge in [0, 0.05) is 0 Å². The van der Waals surface area contributed by atoms with Gasteiger partial charge in [-0.05, 0) is 0 Å². The molecule has 8 heavy (non-hydrogen) atoms. The molecule has 0 aromatic rings. The summed E-state index contributed by atoms with van der Waals surface area (Å²) in [5.74, 6) is -0.708. The van der Waals surface area contributed by atoms with Gasteiger partial charge in [-0.25, -0.2) is 0 Å². The Hall–Kier alpha value is -1.12. The van der Waals surface area contributed by atoms with E-state index in [0.29, 0.717) is 0 Å². The molecular weight excluding hydrogens is 108 g/mol. The molecule has 3 nitrogen and oxygen atoms in total. The van der Waals surface area contributed by atoms with Gasteiger partial charge in [-0.2, -0.15) is 0 Å². The third kappa shape index (κ3) is 0.932. The van der Waals surface area contributed by atoms with Crippen LogP contribution in [0.15, 0.2) is 12.2 Å². The third-order valence-corrected chi connectivity index (χ3v) is 0.821. The molecule has 42 valence electrons. The molecule has 0 aromatic heterocycles. The van der Waals surface area contributed by atoms with Gasteiger partial charge in [0.25, 0.3) is 0 Å².